The van der Waals surface area contributed by atoms with Crippen molar-refractivity contribution in [2.45, 2.75) is 12.5 Å². The number of nitrogens with zero attached hydrogens (tertiary/aromatic N) is 2. The van der Waals surface area contributed by atoms with Gasteiger partial charge in [-0.05, 0) is 13.0 Å². The van der Waals surface area contributed by atoms with Crippen molar-refractivity contribution in [3.63, 3.8) is 0 Å². The second-order valence-corrected chi connectivity index (χ2v) is 3.75. The van der Waals surface area contributed by atoms with Crippen molar-refractivity contribution in [3.05, 3.63) is 23.9 Å². The van der Waals surface area contributed by atoms with E-state index in [1.165, 1.54) is 0 Å². The monoisotopic (exact) mass is 195 g/mol. The fraction of sp³-hybridized carbons (Fsp3) is 0.500. The number of nitrogens with two attached hydrogens (primary N) is 1. The Hall–Kier alpha value is -1.13. The highest BCUT2D eigenvalue weighted by atomic mass is 16.3. The molecule has 3 N–H and O–H groups in total. The van der Waals surface area contributed by atoms with Gasteiger partial charge in [0, 0.05) is 32.4 Å². The topological polar surface area (TPSA) is 62.4 Å². The lowest BCUT2D eigenvalue weighted by Gasteiger charge is -2.26. The van der Waals surface area contributed by atoms with Gasteiger partial charge >= 0.3 is 0 Å². The first-order valence-corrected chi connectivity index (χ1v) is 4.54. The molecule has 0 aliphatic heterocycles. The molecule has 0 aromatic carbocycles. The van der Waals surface area contributed by atoms with Crippen molar-refractivity contribution in [2.75, 3.05) is 25.5 Å². The summed E-state index contributed by atoms with van der Waals surface area (Å²) in [5.41, 5.74) is 5.25. The van der Waals surface area contributed by atoms with Gasteiger partial charge in [-0.2, -0.15) is 0 Å². The number of aliphatic hydroxyl groups is 1. The Morgan fingerprint density at radius 3 is 2.71 bits per heavy atom. The third-order valence-electron chi connectivity index (χ3n) is 2.19. The van der Waals surface area contributed by atoms with Crippen molar-refractivity contribution in [1.29, 1.82) is 0 Å². The lowest BCUT2D eigenvalue weighted by molar-refractivity contribution is 0.0670. The van der Waals surface area contributed by atoms with E-state index in [1.807, 2.05) is 25.1 Å². The zero-order chi connectivity index (χ0) is 10.8. The average molecular weight is 195 g/mol. The summed E-state index contributed by atoms with van der Waals surface area (Å²) in [6.07, 6.45) is 1.70. The molecule has 0 saturated carbocycles. The van der Waals surface area contributed by atoms with Crippen LogP contribution in [0.1, 0.15) is 12.5 Å². The fourth-order valence-corrected chi connectivity index (χ4v) is 1.28. The molecule has 0 spiro atoms. The predicted octanol–water partition coefficient (Wildman–Crippen LogP) is 0.314. The van der Waals surface area contributed by atoms with Crippen LogP contribution in [0.4, 0.5) is 5.82 Å². The molecule has 0 bridgehead atoms. The molecule has 4 heteroatoms. The van der Waals surface area contributed by atoms with Crippen LogP contribution in [0.5, 0.6) is 0 Å². The first-order valence-electron chi connectivity index (χ1n) is 4.54. The molecule has 4 nitrogen and oxygen atoms in total. The highest BCUT2D eigenvalue weighted by Gasteiger charge is 2.25. The van der Waals surface area contributed by atoms with Crippen LogP contribution >= 0.6 is 0 Å². The van der Waals surface area contributed by atoms with Gasteiger partial charge < -0.3 is 15.7 Å². The maximum absolute atomic E-state index is 10.0. The Bertz CT molecular complexity index is 310. The summed E-state index contributed by atoms with van der Waals surface area (Å²) in [6, 6.07) is 3.64. The quantitative estimate of drug-likeness (QED) is 0.729. The minimum absolute atomic E-state index is 0.180. The molecule has 78 valence electrons. The molecule has 1 unspecified atom stereocenters. The standard InChI is InChI=1S/C10H17N3O/c1-10(14,7-11)8-5-4-6-12-9(8)13(2)3/h4-6,14H,7,11H2,1-3H3. The molecule has 0 aliphatic rings. The smallest absolute Gasteiger partial charge is 0.134 e. The van der Waals surface area contributed by atoms with E-state index in [2.05, 4.69) is 4.98 Å². The normalized spacial score (nSPS) is 14.9. The van der Waals surface area contributed by atoms with Crippen molar-refractivity contribution in [3.8, 4) is 0 Å². The number of hydrogen-bond donors (Lipinski definition) is 2. The van der Waals surface area contributed by atoms with E-state index in [4.69, 9.17) is 5.73 Å². The van der Waals surface area contributed by atoms with Gasteiger partial charge in [0.15, 0.2) is 0 Å². The maximum atomic E-state index is 10.0. The van der Waals surface area contributed by atoms with Gasteiger partial charge in [0.1, 0.15) is 11.4 Å². The van der Waals surface area contributed by atoms with E-state index in [9.17, 15) is 5.11 Å². The van der Waals surface area contributed by atoms with Crippen molar-refractivity contribution in [1.82, 2.24) is 4.98 Å². The third kappa shape index (κ3) is 2.02. The average Bonchev–Trinajstić information content (AvgIpc) is 2.18. The highest BCUT2D eigenvalue weighted by Crippen LogP contribution is 2.26. The van der Waals surface area contributed by atoms with Crippen LogP contribution in [-0.4, -0.2) is 30.7 Å². The number of hydrogen-bond acceptors (Lipinski definition) is 4. The zero-order valence-electron chi connectivity index (χ0n) is 8.86. The van der Waals surface area contributed by atoms with Crippen LogP contribution in [0.25, 0.3) is 0 Å². The summed E-state index contributed by atoms with van der Waals surface area (Å²) >= 11 is 0. The lowest BCUT2D eigenvalue weighted by atomic mass is 9.96. The van der Waals surface area contributed by atoms with Gasteiger partial charge in [-0.25, -0.2) is 4.98 Å². The molecule has 1 aromatic rings. The Kier molecular flexibility index (Phi) is 3.08. The molecule has 0 aliphatic carbocycles. The van der Waals surface area contributed by atoms with Gasteiger partial charge in [0.2, 0.25) is 0 Å². The van der Waals surface area contributed by atoms with E-state index in [0.717, 1.165) is 11.4 Å². The number of anilines is 1. The summed E-state index contributed by atoms with van der Waals surface area (Å²) in [4.78, 5) is 6.06. The van der Waals surface area contributed by atoms with E-state index in [-0.39, 0.29) is 6.54 Å². The Morgan fingerprint density at radius 1 is 1.57 bits per heavy atom. The van der Waals surface area contributed by atoms with Crippen LogP contribution < -0.4 is 10.6 Å². The van der Waals surface area contributed by atoms with Crippen molar-refractivity contribution in [2.24, 2.45) is 5.73 Å². The van der Waals surface area contributed by atoms with Gasteiger partial charge in [-0.3, -0.25) is 0 Å². The van der Waals surface area contributed by atoms with Crippen LogP contribution in [0.3, 0.4) is 0 Å². The summed E-state index contributed by atoms with van der Waals surface area (Å²) in [5.74, 6) is 0.753. The molecule has 0 amide bonds. The molecule has 1 rings (SSSR count). The Labute approximate surface area is 84.4 Å². The summed E-state index contributed by atoms with van der Waals surface area (Å²) in [5, 5.41) is 10.0. The third-order valence-corrected chi connectivity index (χ3v) is 2.19. The minimum Gasteiger partial charge on any atom is -0.384 e. The molecule has 1 heterocycles. The zero-order valence-corrected chi connectivity index (χ0v) is 8.86. The van der Waals surface area contributed by atoms with Gasteiger partial charge in [-0.15, -0.1) is 0 Å². The largest absolute Gasteiger partial charge is 0.384 e. The fourth-order valence-electron chi connectivity index (χ4n) is 1.28. The maximum Gasteiger partial charge on any atom is 0.134 e. The Morgan fingerprint density at radius 2 is 2.21 bits per heavy atom. The van der Waals surface area contributed by atoms with Gasteiger partial charge in [-0.1, -0.05) is 6.07 Å². The first-order chi connectivity index (χ1) is 6.49. The number of aromatic nitrogens is 1. The van der Waals surface area contributed by atoms with E-state index < -0.39 is 5.60 Å². The van der Waals surface area contributed by atoms with Crippen LogP contribution in [0, 0.1) is 0 Å². The second kappa shape index (κ2) is 3.94. The molecule has 1 atom stereocenters. The predicted molar refractivity (Wildman–Crippen MR) is 57.2 cm³/mol. The molecule has 0 radical (unpaired) electrons. The molecular weight excluding hydrogens is 178 g/mol. The van der Waals surface area contributed by atoms with E-state index in [0.29, 0.717) is 0 Å². The summed E-state index contributed by atoms with van der Waals surface area (Å²) in [7, 11) is 3.77. The van der Waals surface area contributed by atoms with E-state index >= 15 is 0 Å². The minimum atomic E-state index is -1.02. The lowest BCUT2D eigenvalue weighted by Crippen LogP contribution is -2.33. The van der Waals surface area contributed by atoms with Crippen LogP contribution in [0.15, 0.2) is 18.3 Å². The molecule has 0 fully saturated rings. The first kappa shape index (κ1) is 10.9. The highest BCUT2D eigenvalue weighted by molar-refractivity contribution is 5.48. The SMILES string of the molecule is CN(C)c1ncccc1C(C)(O)CN. The number of rotatable bonds is 3. The van der Waals surface area contributed by atoms with Crippen molar-refractivity contribution >= 4 is 5.82 Å². The number of pyridine rings is 1. The van der Waals surface area contributed by atoms with Gasteiger partial charge in [0.25, 0.3) is 0 Å². The Balaban J connectivity index is 3.20. The summed E-state index contributed by atoms with van der Waals surface area (Å²) < 4.78 is 0. The van der Waals surface area contributed by atoms with E-state index in [1.54, 1.807) is 19.2 Å². The van der Waals surface area contributed by atoms with Crippen LogP contribution in [0.2, 0.25) is 0 Å². The second-order valence-electron chi connectivity index (χ2n) is 3.75. The molecule has 0 saturated heterocycles. The molecular formula is C10H17N3O. The van der Waals surface area contributed by atoms with Crippen LogP contribution in [-0.2, 0) is 5.60 Å². The van der Waals surface area contributed by atoms with Crippen molar-refractivity contribution < 1.29 is 5.11 Å². The molecule has 1 aromatic heterocycles. The van der Waals surface area contributed by atoms with Gasteiger partial charge in [0.05, 0.1) is 0 Å². The molecule has 14 heavy (non-hydrogen) atoms. The summed E-state index contributed by atoms with van der Waals surface area (Å²) in [6.45, 7) is 1.87.